The van der Waals surface area contributed by atoms with Gasteiger partial charge in [0.25, 0.3) is 0 Å². The van der Waals surface area contributed by atoms with Crippen LogP contribution in [0.3, 0.4) is 0 Å². The molecule has 1 aliphatic rings. The monoisotopic (exact) mass is 468 g/mol. The summed E-state index contributed by atoms with van der Waals surface area (Å²) in [6.45, 7) is 4.60. The van der Waals surface area contributed by atoms with Crippen LogP contribution in [0.1, 0.15) is 41.1 Å². The van der Waals surface area contributed by atoms with Gasteiger partial charge in [0.1, 0.15) is 0 Å². The van der Waals surface area contributed by atoms with Crippen molar-refractivity contribution in [1.82, 2.24) is 19.8 Å². The molecule has 0 spiro atoms. The highest BCUT2D eigenvalue weighted by Gasteiger charge is 2.41. The molecule has 0 saturated carbocycles. The fourth-order valence-corrected chi connectivity index (χ4v) is 4.94. The van der Waals surface area contributed by atoms with Crippen molar-refractivity contribution >= 4 is 34.9 Å². The predicted octanol–water partition coefficient (Wildman–Crippen LogP) is 4.68. The summed E-state index contributed by atoms with van der Waals surface area (Å²) in [6.07, 6.45) is 2.02. The standard InChI is InChI=1S/C24H25ClN4O2S/c1-15-14-17(16(2)29(15)20-10-5-4-8-18(20)25)23-22(19-9-6-7-12-26-19)27-24(32)28(23)13-11-21(30)31-3/h4-10,12,14,22-23H,11,13H2,1-3H3,(H,27,32)/t22-,23-/m1/s1. The molecular formula is C24H25ClN4O2S. The molecule has 32 heavy (non-hydrogen) atoms. The summed E-state index contributed by atoms with van der Waals surface area (Å²) in [5.41, 5.74) is 5.06. The molecule has 8 heteroatoms. The Balaban J connectivity index is 1.81. The molecular weight excluding hydrogens is 444 g/mol. The quantitative estimate of drug-likeness (QED) is 0.418. The lowest BCUT2D eigenvalue weighted by molar-refractivity contribution is -0.140. The average molecular weight is 469 g/mol. The van der Waals surface area contributed by atoms with E-state index in [1.54, 1.807) is 6.20 Å². The highest BCUT2D eigenvalue weighted by atomic mass is 35.5. The van der Waals surface area contributed by atoms with Gasteiger partial charge in [-0.2, -0.15) is 0 Å². The number of hydrogen-bond acceptors (Lipinski definition) is 4. The van der Waals surface area contributed by atoms with Crippen LogP contribution in [0.25, 0.3) is 5.69 Å². The summed E-state index contributed by atoms with van der Waals surface area (Å²) in [7, 11) is 1.40. The van der Waals surface area contributed by atoms with Crippen LogP contribution >= 0.6 is 23.8 Å². The van der Waals surface area contributed by atoms with E-state index in [0.29, 0.717) is 16.7 Å². The van der Waals surface area contributed by atoms with Gasteiger partial charge in [0.2, 0.25) is 0 Å². The number of halogens is 1. The van der Waals surface area contributed by atoms with E-state index in [4.69, 9.17) is 28.6 Å². The van der Waals surface area contributed by atoms with Crippen LogP contribution in [0.4, 0.5) is 0 Å². The third kappa shape index (κ3) is 4.10. The molecule has 1 saturated heterocycles. The Bertz CT molecular complexity index is 1150. The summed E-state index contributed by atoms with van der Waals surface area (Å²) in [4.78, 5) is 18.5. The second-order valence-electron chi connectivity index (χ2n) is 7.76. The van der Waals surface area contributed by atoms with Gasteiger partial charge in [0, 0.05) is 24.1 Å². The molecule has 0 unspecified atom stereocenters. The van der Waals surface area contributed by atoms with E-state index in [0.717, 1.165) is 28.3 Å². The van der Waals surface area contributed by atoms with Crippen molar-refractivity contribution in [1.29, 1.82) is 0 Å². The van der Waals surface area contributed by atoms with Crippen molar-refractivity contribution < 1.29 is 9.53 Å². The Kier molecular flexibility index (Phi) is 6.48. The van der Waals surface area contributed by atoms with Crippen LogP contribution in [0.2, 0.25) is 5.02 Å². The number of aromatic nitrogens is 2. The fourth-order valence-electron chi connectivity index (χ4n) is 4.39. The van der Waals surface area contributed by atoms with Gasteiger partial charge < -0.3 is 19.5 Å². The van der Waals surface area contributed by atoms with Gasteiger partial charge in [0.05, 0.1) is 42.0 Å². The smallest absolute Gasteiger partial charge is 0.307 e. The third-order valence-electron chi connectivity index (χ3n) is 5.86. The Morgan fingerprint density at radius 2 is 1.97 bits per heavy atom. The Labute approximate surface area is 198 Å². The third-order valence-corrected chi connectivity index (χ3v) is 6.54. The van der Waals surface area contributed by atoms with Crippen LogP contribution < -0.4 is 5.32 Å². The van der Waals surface area contributed by atoms with E-state index in [9.17, 15) is 4.79 Å². The summed E-state index contributed by atoms with van der Waals surface area (Å²) < 4.78 is 7.01. The van der Waals surface area contributed by atoms with Crippen molar-refractivity contribution in [2.75, 3.05) is 13.7 Å². The highest BCUT2D eigenvalue weighted by Crippen LogP contribution is 2.41. The maximum absolute atomic E-state index is 11.9. The lowest BCUT2D eigenvalue weighted by Crippen LogP contribution is -2.32. The minimum atomic E-state index is -0.269. The molecule has 3 aromatic rings. The molecule has 0 bridgehead atoms. The van der Waals surface area contributed by atoms with Gasteiger partial charge in [-0.3, -0.25) is 9.78 Å². The van der Waals surface area contributed by atoms with Crippen molar-refractivity contribution in [3.8, 4) is 5.69 Å². The fraction of sp³-hybridized carbons (Fsp3) is 0.292. The van der Waals surface area contributed by atoms with E-state index in [1.165, 1.54) is 7.11 Å². The maximum atomic E-state index is 11.9. The first kappa shape index (κ1) is 22.3. The summed E-state index contributed by atoms with van der Waals surface area (Å²) >= 11 is 12.2. The molecule has 4 rings (SSSR count). The number of thiocarbonyl (C=S) groups is 1. The molecule has 1 fully saturated rings. The van der Waals surface area contributed by atoms with Gasteiger partial charge in [0.15, 0.2) is 5.11 Å². The van der Waals surface area contributed by atoms with Crippen LogP contribution in [-0.2, 0) is 9.53 Å². The van der Waals surface area contributed by atoms with Gasteiger partial charge >= 0.3 is 5.97 Å². The predicted molar refractivity (Wildman–Crippen MR) is 129 cm³/mol. The lowest BCUT2D eigenvalue weighted by atomic mass is 9.96. The van der Waals surface area contributed by atoms with Crippen LogP contribution in [0.5, 0.6) is 0 Å². The minimum Gasteiger partial charge on any atom is -0.469 e. The second kappa shape index (κ2) is 9.30. The highest BCUT2D eigenvalue weighted by molar-refractivity contribution is 7.80. The lowest BCUT2D eigenvalue weighted by Gasteiger charge is -2.28. The number of rotatable bonds is 6. The first-order chi connectivity index (χ1) is 15.4. The Morgan fingerprint density at radius 1 is 1.22 bits per heavy atom. The second-order valence-corrected chi connectivity index (χ2v) is 8.55. The van der Waals surface area contributed by atoms with Gasteiger partial charge in [-0.1, -0.05) is 29.8 Å². The Hall–Kier alpha value is -2.90. The number of nitrogens with zero attached hydrogens (tertiary/aromatic N) is 3. The normalized spacial score (nSPS) is 18.0. The number of pyridine rings is 1. The number of carbonyl (C=O) groups excluding carboxylic acids is 1. The molecule has 0 amide bonds. The maximum Gasteiger partial charge on any atom is 0.307 e. The van der Waals surface area contributed by atoms with Crippen molar-refractivity contribution in [2.24, 2.45) is 0 Å². The zero-order valence-electron chi connectivity index (χ0n) is 18.2. The molecule has 6 nitrogen and oxygen atoms in total. The number of nitrogens with one attached hydrogen (secondary N) is 1. The van der Waals surface area contributed by atoms with Crippen molar-refractivity contribution in [3.63, 3.8) is 0 Å². The summed E-state index contributed by atoms with van der Waals surface area (Å²) in [5, 5.41) is 4.70. The minimum absolute atomic E-state index is 0.135. The largest absolute Gasteiger partial charge is 0.469 e. The molecule has 1 aliphatic heterocycles. The molecule has 2 atom stereocenters. The van der Waals surface area contributed by atoms with E-state index >= 15 is 0 Å². The number of methoxy groups -OCH3 is 1. The molecule has 166 valence electrons. The number of aryl methyl sites for hydroxylation is 1. The van der Waals surface area contributed by atoms with E-state index in [-0.39, 0.29) is 24.5 Å². The van der Waals surface area contributed by atoms with Gasteiger partial charge in [-0.25, -0.2) is 0 Å². The van der Waals surface area contributed by atoms with Crippen LogP contribution in [0, 0.1) is 13.8 Å². The van der Waals surface area contributed by atoms with Crippen LogP contribution in [-0.4, -0.2) is 39.2 Å². The zero-order valence-corrected chi connectivity index (χ0v) is 19.8. The number of benzene rings is 1. The molecule has 0 radical (unpaired) electrons. The van der Waals surface area contributed by atoms with E-state index in [2.05, 4.69) is 39.7 Å². The summed E-state index contributed by atoms with van der Waals surface area (Å²) in [5.74, 6) is -0.269. The topological polar surface area (TPSA) is 59.4 Å². The first-order valence-corrected chi connectivity index (χ1v) is 11.2. The summed E-state index contributed by atoms with van der Waals surface area (Å²) in [6, 6.07) is 15.5. The number of carbonyl (C=O) groups is 1. The number of ether oxygens (including phenoxy) is 1. The van der Waals surface area contributed by atoms with Gasteiger partial charge in [-0.15, -0.1) is 0 Å². The molecule has 2 aromatic heterocycles. The molecule has 1 N–H and O–H groups in total. The SMILES string of the molecule is COC(=O)CCN1C(=S)N[C@H](c2ccccn2)[C@H]1c1cc(C)n(-c2ccccc2Cl)c1C. The van der Waals surface area contributed by atoms with Crippen molar-refractivity contribution in [2.45, 2.75) is 32.4 Å². The number of esters is 1. The van der Waals surface area contributed by atoms with Crippen molar-refractivity contribution in [3.05, 3.63) is 82.4 Å². The van der Waals surface area contributed by atoms with Gasteiger partial charge in [-0.05, 0) is 62.0 Å². The molecule has 0 aliphatic carbocycles. The van der Waals surface area contributed by atoms with Crippen LogP contribution in [0.15, 0.2) is 54.7 Å². The number of hydrogen-bond donors (Lipinski definition) is 1. The van der Waals surface area contributed by atoms with E-state index < -0.39 is 0 Å². The molecule has 1 aromatic carbocycles. The Morgan fingerprint density at radius 3 is 2.66 bits per heavy atom. The molecule has 3 heterocycles. The van der Waals surface area contributed by atoms with E-state index in [1.807, 2.05) is 42.5 Å². The first-order valence-electron chi connectivity index (χ1n) is 10.4. The number of para-hydroxylation sites is 1. The average Bonchev–Trinajstić information content (AvgIpc) is 3.28. The zero-order chi connectivity index (χ0) is 22.8.